The summed E-state index contributed by atoms with van der Waals surface area (Å²) < 4.78 is 14.0. The molecular formula is C21H23FIN5O2. The third kappa shape index (κ3) is 3.93. The van der Waals surface area contributed by atoms with E-state index in [2.05, 4.69) is 27.8 Å². The fraction of sp³-hybridized carbons (Fsp3) is 0.429. The molecule has 0 radical (unpaired) electrons. The molecule has 2 fully saturated rings. The number of nitriles is 1. The van der Waals surface area contributed by atoms with Crippen LogP contribution in [0, 0.1) is 40.8 Å². The van der Waals surface area contributed by atoms with Crippen LogP contribution in [0.1, 0.15) is 17.5 Å². The van der Waals surface area contributed by atoms with Crippen molar-refractivity contribution >= 4 is 41.8 Å². The van der Waals surface area contributed by atoms with Crippen LogP contribution in [-0.4, -0.2) is 42.8 Å². The van der Waals surface area contributed by atoms with Crippen LogP contribution in [0.2, 0.25) is 0 Å². The summed E-state index contributed by atoms with van der Waals surface area (Å²) in [5.74, 6) is -0.122. The molecule has 4 unspecified atom stereocenters. The van der Waals surface area contributed by atoms with Gasteiger partial charge in [-0.05, 0) is 30.4 Å². The summed E-state index contributed by atoms with van der Waals surface area (Å²) >= 11 is 0. The zero-order chi connectivity index (χ0) is 20.5. The van der Waals surface area contributed by atoms with Gasteiger partial charge in [-0.3, -0.25) is 19.5 Å². The molecule has 4 rings (SSSR count). The van der Waals surface area contributed by atoms with Gasteiger partial charge in [0.15, 0.2) is 5.96 Å². The highest BCUT2D eigenvalue weighted by atomic mass is 127. The maximum Gasteiger partial charge on any atom is 0.233 e. The minimum absolute atomic E-state index is 0. The topological polar surface area (TPSA) is 97.6 Å². The summed E-state index contributed by atoms with van der Waals surface area (Å²) in [5.41, 5.74) is 0.676. The first kappa shape index (κ1) is 22.2. The molecule has 7 nitrogen and oxygen atoms in total. The number of hydrogen-bond donors (Lipinski definition) is 2. The number of carbonyl (C=O) groups is 2. The monoisotopic (exact) mass is 523 g/mol. The fourth-order valence-electron chi connectivity index (χ4n) is 4.63. The van der Waals surface area contributed by atoms with Crippen LogP contribution in [0.15, 0.2) is 35.3 Å². The number of rotatable bonds is 5. The Morgan fingerprint density at radius 2 is 1.90 bits per heavy atom. The molecular weight excluding hydrogens is 500 g/mol. The van der Waals surface area contributed by atoms with Crippen molar-refractivity contribution in [3.05, 3.63) is 47.3 Å². The summed E-state index contributed by atoms with van der Waals surface area (Å²) in [6, 6.07) is 6.20. The number of allylic oxidation sites excluding steroid dienone is 2. The van der Waals surface area contributed by atoms with Gasteiger partial charge in [0.05, 0.1) is 23.5 Å². The normalized spacial score (nSPS) is 26.4. The molecule has 1 aromatic carbocycles. The molecule has 2 amide bonds. The number of likely N-dealkylation sites (tertiary alicyclic amines) is 1. The van der Waals surface area contributed by atoms with E-state index in [-0.39, 0.29) is 78.1 Å². The lowest BCUT2D eigenvalue weighted by Crippen LogP contribution is -2.43. The minimum Gasteiger partial charge on any atom is -0.355 e. The van der Waals surface area contributed by atoms with Crippen LogP contribution in [0.5, 0.6) is 0 Å². The maximum atomic E-state index is 14.0. The van der Waals surface area contributed by atoms with E-state index in [1.165, 1.54) is 11.0 Å². The number of halogens is 2. The predicted octanol–water partition coefficient (Wildman–Crippen LogP) is 1.79. The predicted molar refractivity (Wildman–Crippen MR) is 119 cm³/mol. The second-order valence-electron chi connectivity index (χ2n) is 7.60. The van der Waals surface area contributed by atoms with E-state index in [9.17, 15) is 14.0 Å². The minimum atomic E-state index is -0.463. The van der Waals surface area contributed by atoms with Gasteiger partial charge in [-0.25, -0.2) is 4.39 Å². The zero-order valence-electron chi connectivity index (χ0n) is 16.5. The lowest BCUT2D eigenvalue weighted by molar-refractivity contribution is -0.140. The molecule has 158 valence electrons. The number of carbonyl (C=O) groups excluding carboxylic acids is 2. The molecule has 9 heteroatoms. The number of hydrogen-bond acceptors (Lipinski definition) is 4. The number of guanidine groups is 1. The summed E-state index contributed by atoms with van der Waals surface area (Å²) in [4.78, 5) is 30.8. The first-order valence-corrected chi connectivity index (χ1v) is 9.70. The Labute approximate surface area is 191 Å². The van der Waals surface area contributed by atoms with Crippen molar-refractivity contribution in [2.45, 2.75) is 13.0 Å². The Hall–Kier alpha value is -2.48. The van der Waals surface area contributed by atoms with E-state index in [0.717, 1.165) is 6.42 Å². The first-order valence-electron chi connectivity index (χ1n) is 9.70. The summed E-state index contributed by atoms with van der Waals surface area (Å²) in [6.07, 6.45) is 5.07. The average molecular weight is 523 g/mol. The lowest BCUT2D eigenvalue weighted by Gasteiger charge is -2.18. The Bertz CT molecular complexity index is 927. The Morgan fingerprint density at radius 3 is 2.47 bits per heavy atom. The molecule has 0 spiro atoms. The molecule has 0 aromatic heterocycles. The van der Waals surface area contributed by atoms with Gasteiger partial charge in [-0.15, -0.1) is 24.0 Å². The van der Waals surface area contributed by atoms with E-state index in [1.54, 1.807) is 19.2 Å². The molecule has 3 aliphatic rings. The van der Waals surface area contributed by atoms with E-state index < -0.39 is 5.82 Å². The number of amides is 2. The zero-order valence-corrected chi connectivity index (χ0v) is 18.8. The Balaban J connectivity index is 0.00000256. The number of fused-ring (bicyclic) bond motifs is 5. The van der Waals surface area contributed by atoms with Crippen LogP contribution >= 0.6 is 24.0 Å². The van der Waals surface area contributed by atoms with Gasteiger partial charge in [0, 0.05) is 32.2 Å². The molecule has 1 saturated carbocycles. The van der Waals surface area contributed by atoms with Gasteiger partial charge in [0.1, 0.15) is 5.82 Å². The van der Waals surface area contributed by atoms with Crippen molar-refractivity contribution in [3.8, 4) is 6.07 Å². The first-order chi connectivity index (χ1) is 14.0. The molecule has 1 saturated heterocycles. The molecule has 1 aromatic rings. The molecule has 30 heavy (non-hydrogen) atoms. The van der Waals surface area contributed by atoms with Gasteiger partial charge in [-0.2, -0.15) is 5.26 Å². The average Bonchev–Trinajstić information content (AvgIpc) is 3.40. The smallest absolute Gasteiger partial charge is 0.233 e. The number of benzene rings is 1. The van der Waals surface area contributed by atoms with Crippen LogP contribution in [0.4, 0.5) is 4.39 Å². The number of nitrogens with zero attached hydrogens (tertiary/aromatic N) is 3. The highest BCUT2D eigenvalue weighted by Gasteiger charge is 2.58. The van der Waals surface area contributed by atoms with Gasteiger partial charge in [0.25, 0.3) is 0 Å². The van der Waals surface area contributed by atoms with Crippen molar-refractivity contribution in [1.82, 2.24) is 15.5 Å². The van der Waals surface area contributed by atoms with Gasteiger partial charge in [-0.1, -0.05) is 18.2 Å². The molecule has 2 aliphatic carbocycles. The number of imide groups is 1. The van der Waals surface area contributed by atoms with Gasteiger partial charge in [0.2, 0.25) is 11.8 Å². The van der Waals surface area contributed by atoms with Crippen molar-refractivity contribution < 1.29 is 14.0 Å². The van der Waals surface area contributed by atoms with E-state index in [4.69, 9.17) is 5.26 Å². The summed E-state index contributed by atoms with van der Waals surface area (Å²) in [6.45, 7) is 0.823. The van der Waals surface area contributed by atoms with E-state index in [1.807, 2.05) is 6.07 Å². The second-order valence-corrected chi connectivity index (χ2v) is 7.60. The molecule has 2 bridgehead atoms. The molecule has 2 N–H and O–H groups in total. The quantitative estimate of drug-likeness (QED) is 0.202. The van der Waals surface area contributed by atoms with Gasteiger partial charge >= 0.3 is 0 Å². The van der Waals surface area contributed by atoms with E-state index >= 15 is 0 Å². The third-order valence-electron chi connectivity index (χ3n) is 6.04. The highest BCUT2D eigenvalue weighted by Crippen LogP contribution is 2.52. The van der Waals surface area contributed by atoms with Crippen LogP contribution in [0.25, 0.3) is 0 Å². The summed E-state index contributed by atoms with van der Waals surface area (Å²) in [5, 5.41) is 14.9. The second kappa shape index (κ2) is 9.12. The molecule has 1 aliphatic heterocycles. The van der Waals surface area contributed by atoms with Crippen LogP contribution in [-0.2, 0) is 16.1 Å². The van der Waals surface area contributed by atoms with Crippen LogP contribution < -0.4 is 10.6 Å². The maximum absolute atomic E-state index is 14.0. The standard InChI is InChI=1S/C21H22FN5O2.HI/c1-24-21(26-11-15-3-2-12(10-23)8-16(15)22)25-6-7-27-19(28)17-13-4-5-14(9-13)18(17)20(27)29;/h2-5,8,13-14,17-18H,6-7,9,11H2,1H3,(H2,24,25,26);1H. The molecule has 4 atom stereocenters. The van der Waals surface area contributed by atoms with Crippen LogP contribution in [0.3, 0.4) is 0 Å². The van der Waals surface area contributed by atoms with Crippen molar-refractivity contribution in [2.75, 3.05) is 20.1 Å². The largest absolute Gasteiger partial charge is 0.355 e. The highest BCUT2D eigenvalue weighted by molar-refractivity contribution is 14.0. The summed E-state index contributed by atoms with van der Waals surface area (Å²) in [7, 11) is 1.59. The third-order valence-corrected chi connectivity index (χ3v) is 6.04. The van der Waals surface area contributed by atoms with Crippen molar-refractivity contribution in [3.63, 3.8) is 0 Å². The Morgan fingerprint density at radius 1 is 1.23 bits per heavy atom. The van der Waals surface area contributed by atoms with Gasteiger partial charge < -0.3 is 10.6 Å². The lowest BCUT2D eigenvalue weighted by atomic mass is 9.85. The fourth-order valence-corrected chi connectivity index (χ4v) is 4.63. The van der Waals surface area contributed by atoms with E-state index in [0.29, 0.717) is 18.1 Å². The number of nitrogens with one attached hydrogen (secondary N) is 2. The van der Waals surface area contributed by atoms with Crippen molar-refractivity contribution in [1.29, 1.82) is 5.26 Å². The SMILES string of the molecule is CN=C(NCCN1C(=O)C2C3C=CC(C3)C2C1=O)NCc1ccc(C#N)cc1F.I. The van der Waals surface area contributed by atoms with Crippen molar-refractivity contribution in [2.24, 2.45) is 28.7 Å². The Kier molecular flexibility index (Phi) is 6.75. The number of aliphatic imine (C=N–C) groups is 1. The molecule has 1 heterocycles.